The van der Waals surface area contributed by atoms with Crippen molar-refractivity contribution >= 4 is 16.5 Å². The minimum Gasteiger partial charge on any atom is -0.393 e. The summed E-state index contributed by atoms with van der Waals surface area (Å²) in [6, 6.07) is 3.68. The SMILES string of the molecule is C[C@]12CCc3c(ccc4c3C=NS(=O)(=O)O4)[C@@H]1CC[C@H]2O. The lowest BCUT2D eigenvalue weighted by Gasteiger charge is -2.40. The molecule has 0 unspecified atom stereocenters. The van der Waals surface area contributed by atoms with Crippen LogP contribution >= 0.6 is 0 Å². The topological polar surface area (TPSA) is 76.0 Å². The van der Waals surface area contributed by atoms with Gasteiger partial charge >= 0.3 is 10.3 Å². The predicted molar refractivity (Wildman–Crippen MR) is 78.0 cm³/mol. The first-order chi connectivity index (χ1) is 9.91. The highest BCUT2D eigenvalue weighted by molar-refractivity contribution is 7.86. The van der Waals surface area contributed by atoms with E-state index in [1.54, 1.807) is 6.07 Å². The largest absolute Gasteiger partial charge is 0.428 e. The Morgan fingerprint density at radius 2 is 2.19 bits per heavy atom. The molecule has 1 N–H and O–H groups in total. The molecule has 3 aliphatic rings. The van der Waals surface area contributed by atoms with E-state index in [1.165, 1.54) is 11.8 Å². The Hall–Kier alpha value is -1.40. The Kier molecular flexibility index (Phi) is 2.58. The molecular weight excluding hydrogens is 290 g/mol. The average molecular weight is 307 g/mol. The van der Waals surface area contributed by atoms with Crippen molar-refractivity contribution in [1.29, 1.82) is 0 Å². The van der Waals surface area contributed by atoms with Gasteiger partial charge in [-0.3, -0.25) is 0 Å². The Morgan fingerprint density at radius 1 is 1.38 bits per heavy atom. The fourth-order valence-corrected chi connectivity index (χ4v) is 4.84. The summed E-state index contributed by atoms with van der Waals surface area (Å²) in [5.41, 5.74) is 3.06. The van der Waals surface area contributed by atoms with E-state index in [0.717, 1.165) is 36.8 Å². The van der Waals surface area contributed by atoms with Gasteiger partial charge in [0.1, 0.15) is 0 Å². The minimum absolute atomic E-state index is 0.0695. The number of rotatable bonds is 0. The van der Waals surface area contributed by atoms with E-state index in [9.17, 15) is 13.5 Å². The van der Waals surface area contributed by atoms with Crippen molar-refractivity contribution in [1.82, 2.24) is 0 Å². The van der Waals surface area contributed by atoms with Crippen LogP contribution in [0.4, 0.5) is 0 Å². The van der Waals surface area contributed by atoms with Crippen LogP contribution in [0.5, 0.6) is 5.75 Å². The van der Waals surface area contributed by atoms with Gasteiger partial charge in [0.2, 0.25) is 0 Å². The van der Waals surface area contributed by atoms with Crippen molar-refractivity contribution in [3.8, 4) is 5.75 Å². The molecule has 0 radical (unpaired) electrons. The average Bonchev–Trinajstić information content (AvgIpc) is 2.73. The van der Waals surface area contributed by atoms with Gasteiger partial charge in [-0.1, -0.05) is 13.0 Å². The van der Waals surface area contributed by atoms with Crippen LogP contribution in [-0.2, 0) is 16.7 Å². The molecule has 0 amide bonds. The summed E-state index contributed by atoms with van der Waals surface area (Å²) in [5, 5.41) is 10.3. The predicted octanol–water partition coefficient (Wildman–Crippen LogP) is 1.93. The second kappa shape index (κ2) is 4.08. The van der Waals surface area contributed by atoms with E-state index in [1.807, 2.05) is 6.07 Å². The smallest absolute Gasteiger partial charge is 0.393 e. The van der Waals surface area contributed by atoms with Crippen molar-refractivity contribution in [3.63, 3.8) is 0 Å². The number of benzene rings is 1. The van der Waals surface area contributed by atoms with Crippen LogP contribution in [0.3, 0.4) is 0 Å². The van der Waals surface area contributed by atoms with Gasteiger partial charge in [0, 0.05) is 11.0 Å². The van der Waals surface area contributed by atoms with Gasteiger partial charge < -0.3 is 9.29 Å². The summed E-state index contributed by atoms with van der Waals surface area (Å²) in [6.45, 7) is 2.16. The first-order valence-corrected chi connectivity index (χ1v) is 8.61. The van der Waals surface area contributed by atoms with E-state index < -0.39 is 10.3 Å². The van der Waals surface area contributed by atoms with Gasteiger partial charge in [0.15, 0.2) is 5.75 Å². The van der Waals surface area contributed by atoms with E-state index in [2.05, 4.69) is 11.3 Å². The van der Waals surface area contributed by atoms with Gasteiger partial charge in [-0.25, -0.2) is 0 Å². The number of aliphatic hydroxyl groups excluding tert-OH is 1. The van der Waals surface area contributed by atoms with Gasteiger partial charge in [0.05, 0.1) is 12.3 Å². The molecule has 1 fully saturated rings. The van der Waals surface area contributed by atoms with Crippen molar-refractivity contribution < 1.29 is 17.7 Å². The van der Waals surface area contributed by atoms with Crippen LogP contribution in [0.2, 0.25) is 0 Å². The maximum atomic E-state index is 11.4. The third-order valence-electron chi connectivity index (χ3n) is 5.43. The first-order valence-electron chi connectivity index (χ1n) is 7.24. The Labute approximate surface area is 123 Å². The zero-order chi connectivity index (χ0) is 14.8. The molecule has 3 atom stereocenters. The lowest BCUT2D eigenvalue weighted by molar-refractivity contribution is 0.0457. The third-order valence-corrected chi connectivity index (χ3v) is 6.19. The van der Waals surface area contributed by atoms with E-state index in [0.29, 0.717) is 11.7 Å². The molecule has 1 aromatic carbocycles. The van der Waals surface area contributed by atoms with Crippen molar-refractivity contribution in [2.45, 2.75) is 44.6 Å². The molecule has 1 saturated carbocycles. The molecule has 4 rings (SSSR count). The zero-order valence-corrected chi connectivity index (χ0v) is 12.6. The van der Waals surface area contributed by atoms with Gasteiger partial charge in [-0.2, -0.15) is 8.42 Å². The highest BCUT2D eigenvalue weighted by Crippen LogP contribution is 2.56. The summed E-state index contributed by atoms with van der Waals surface area (Å²) in [5.74, 6) is 0.694. The maximum Gasteiger partial charge on any atom is 0.428 e. The molecular formula is C15H17NO4S. The van der Waals surface area contributed by atoms with Crippen molar-refractivity contribution in [2.75, 3.05) is 0 Å². The molecule has 21 heavy (non-hydrogen) atoms. The summed E-state index contributed by atoms with van der Waals surface area (Å²) in [6.07, 6.45) is 4.68. The lowest BCUT2D eigenvalue weighted by atomic mass is 9.65. The fraction of sp³-hybridized carbons (Fsp3) is 0.533. The third kappa shape index (κ3) is 1.78. The molecule has 1 aromatic rings. The summed E-state index contributed by atoms with van der Waals surface area (Å²) < 4.78 is 31.3. The van der Waals surface area contributed by atoms with Crippen LogP contribution < -0.4 is 4.18 Å². The Bertz CT molecular complexity index is 755. The minimum atomic E-state index is -3.83. The second-order valence-corrected chi connectivity index (χ2v) is 7.68. The molecule has 0 bridgehead atoms. The molecule has 0 saturated heterocycles. The second-order valence-electron chi connectivity index (χ2n) is 6.44. The maximum absolute atomic E-state index is 11.4. The van der Waals surface area contributed by atoms with E-state index in [-0.39, 0.29) is 11.5 Å². The van der Waals surface area contributed by atoms with Crippen LogP contribution in [0.1, 0.15) is 48.8 Å². The van der Waals surface area contributed by atoms with Gasteiger partial charge in [-0.15, -0.1) is 4.40 Å². The summed E-state index contributed by atoms with van der Waals surface area (Å²) in [7, 11) is -3.83. The van der Waals surface area contributed by atoms with Crippen molar-refractivity contribution in [3.05, 3.63) is 28.8 Å². The van der Waals surface area contributed by atoms with Crippen LogP contribution in [0.15, 0.2) is 16.5 Å². The molecule has 6 heteroatoms. The monoisotopic (exact) mass is 307 g/mol. The molecule has 5 nitrogen and oxygen atoms in total. The molecule has 1 aliphatic heterocycles. The molecule has 0 aromatic heterocycles. The highest BCUT2D eigenvalue weighted by atomic mass is 32.2. The van der Waals surface area contributed by atoms with Crippen LogP contribution in [0.25, 0.3) is 0 Å². The number of aliphatic hydroxyl groups is 1. The standard InChI is InChI=1S/C15H17NO4S/c1-15-7-6-9-10(12(15)3-5-14(15)17)2-4-13-11(9)8-16-21(18,19)20-13/h2,4,8,12,14,17H,3,5-7H2,1H3/t12-,14+,15-/m0/s1. The van der Waals surface area contributed by atoms with Gasteiger partial charge in [0.25, 0.3) is 0 Å². The first kappa shape index (κ1) is 13.3. The van der Waals surface area contributed by atoms with Crippen LogP contribution in [0, 0.1) is 5.41 Å². The number of hydrogen-bond acceptors (Lipinski definition) is 4. The van der Waals surface area contributed by atoms with Gasteiger partial charge in [-0.05, 0) is 48.8 Å². The molecule has 1 heterocycles. The lowest BCUT2D eigenvalue weighted by Crippen LogP contribution is -2.35. The zero-order valence-electron chi connectivity index (χ0n) is 11.7. The van der Waals surface area contributed by atoms with E-state index in [4.69, 9.17) is 4.18 Å². The normalized spacial score (nSPS) is 35.5. The fourth-order valence-electron chi connectivity index (χ4n) is 4.19. The molecule has 0 spiro atoms. The highest BCUT2D eigenvalue weighted by Gasteiger charge is 2.49. The molecule has 112 valence electrons. The summed E-state index contributed by atoms with van der Waals surface area (Å²) >= 11 is 0. The number of nitrogens with zero attached hydrogens (tertiary/aromatic N) is 1. The van der Waals surface area contributed by atoms with Crippen molar-refractivity contribution in [2.24, 2.45) is 9.81 Å². The number of fused-ring (bicyclic) bond motifs is 5. The molecule has 2 aliphatic carbocycles. The number of hydrogen-bond donors (Lipinski definition) is 1. The van der Waals surface area contributed by atoms with E-state index >= 15 is 0 Å². The Balaban J connectivity index is 1.86. The van der Waals surface area contributed by atoms with Crippen LogP contribution in [-0.4, -0.2) is 25.8 Å². The Morgan fingerprint density at radius 3 is 3.00 bits per heavy atom. The summed E-state index contributed by atoms with van der Waals surface area (Å²) in [4.78, 5) is 0. The quantitative estimate of drug-likeness (QED) is 0.794.